The number of carbonyl (C=O) groups excluding carboxylic acids is 1. The first-order valence-electron chi connectivity index (χ1n) is 5.76. The van der Waals surface area contributed by atoms with Crippen LogP contribution in [0.1, 0.15) is 10.5 Å². The summed E-state index contributed by atoms with van der Waals surface area (Å²) in [6.07, 6.45) is 1.57. The van der Waals surface area contributed by atoms with Crippen LogP contribution >= 0.6 is 0 Å². The highest BCUT2D eigenvalue weighted by atomic mass is 16.5. The molecule has 3 N–H and O–H groups in total. The average molecular weight is 274 g/mol. The monoisotopic (exact) mass is 274 g/mol. The number of rotatable bonds is 4. The van der Waals surface area contributed by atoms with Gasteiger partial charge in [-0.1, -0.05) is 0 Å². The number of methoxy groups -OCH3 is 2. The lowest BCUT2D eigenvalue weighted by atomic mass is 10.3. The predicted molar refractivity (Wildman–Crippen MR) is 74.1 cm³/mol. The zero-order valence-electron chi connectivity index (χ0n) is 11.1. The van der Waals surface area contributed by atoms with Crippen molar-refractivity contribution in [1.29, 1.82) is 0 Å². The van der Waals surface area contributed by atoms with Crippen LogP contribution in [0.25, 0.3) is 0 Å². The molecule has 2 heterocycles. The van der Waals surface area contributed by atoms with Crippen molar-refractivity contribution in [1.82, 2.24) is 9.97 Å². The van der Waals surface area contributed by atoms with Crippen molar-refractivity contribution >= 4 is 23.2 Å². The molecule has 0 amide bonds. The number of hydrogen-bond donors (Lipinski definition) is 2. The summed E-state index contributed by atoms with van der Waals surface area (Å²) in [6, 6.07) is 6.54. The number of hydrogen-bond acceptors (Lipinski definition) is 7. The molecule has 2 aromatic rings. The zero-order valence-corrected chi connectivity index (χ0v) is 11.1. The second kappa shape index (κ2) is 5.87. The highest BCUT2D eigenvalue weighted by Gasteiger charge is 2.10. The Kier molecular flexibility index (Phi) is 3.99. The predicted octanol–water partition coefficient (Wildman–Crippen LogP) is 1.60. The molecule has 2 aromatic heterocycles. The normalized spacial score (nSPS) is 9.90. The van der Waals surface area contributed by atoms with Gasteiger partial charge >= 0.3 is 5.97 Å². The minimum absolute atomic E-state index is 0.172. The summed E-state index contributed by atoms with van der Waals surface area (Å²) in [5.41, 5.74) is 7.07. The number of nitrogens with one attached hydrogen (secondary N) is 1. The molecular weight excluding hydrogens is 260 g/mol. The van der Waals surface area contributed by atoms with Gasteiger partial charge in [0.15, 0.2) is 11.5 Å². The zero-order chi connectivity index (χ0) is 14.5. The lowest BCUT2D eigenvalue weighted by Crippen LogP contribution is -2.08. The van der Waals surface area contributed by atoms with Crippen LogP contribution in [0.2, 0.25) is 0 Å². The van der Waals surface area contributed by atoms with Crippen LogP contribution in [0, 0.1) is 0 Å². The smallest absolute Gasteiger partial charge is 0.356 e. The Bertz CT molecular complexity index is 614. The van der Waals surface area contributed by atoms with Crippen LogP contribution < -0.4 is 15.8 Å². The molecule has 0 atom stereocenters. The molecule has 0 saturated carbocycles. The molecule has 7 nitrogen and oxygen atoms in total. The summed E-state index contributed by atoms with van der Waals surface area (Å²) in [7, 11) is 2.83. The van der Waals surface area contributed by atoms with Gasteiger partial charge in [0.05, 0.1) is 31.8 Å². The quantitative estimate of drug-likeness (QED) is 0.817. The maximum absolute atomic E-state index is 11.4. The van der Waals surface area contributed by atoms with Crippen LogP contribution in [-0.2, 0) is 4.74 Å². The Morgan fingerprint density at radius 3 is 2.65 bits per heavy atom. The van der Waals surface area contributed by atoms with Crippen molar-refractivity contribution in [3.63, 3.8) is 0 Å². The fourth-order valence-electron chi connectivity index (χ4n) is 1.50. The molecule has 0 bridgehead atoms. The fraction of sp³-hybridized carbons (Fsp3) is 0.154. The average Bonchev–Trinajstić information content (AvgIpc) is 2.49. The van der Waals surface area contributed by atoms with E-state index < -0.39 is 5.97 Å². The van der Waals surface area contributed by atoms with Crippen LogP contribution in [0.5, 0.6) is 5.88 Å². The number of nitrogen functional groups attached to an aromatic ring is 1. The summed E-state index contributed by atoms with van der Waals surface area (Å²) >= 11 is 0. The van der Waals surface area contributed by atoms with Crippen molar-refractivity contribution in [3.05, 3.63) is 36.2 Å². The van der Waals surface area contributed by atoms with E-state index in [2.05, 4.69) is 20.0 Å². The van der Waals surface area contributed by atoms with Crippen molar-refractivity contribution in [2.24, 2.45) is 0 Å². The first-order chi connectivity index (χ1) is 9.63. The van der Waals surface area contributed by atoms with E-state index in [0.717, 1.165) is 0 Å². The number of pyridine rings is 2. The first kappa shape index (κ1) is 13.6. The van der Waals surface area contributed by atoms with Gasteiger partial charge in [-0.25, -0.2) is 14.8 Å². The van der Waals surface area contributed by atoms with Gasteiger partial charge in [-0.2, -0.15) is 0 Å². The topological polar surface area (TPSA) is 99.4 Å². The number of anilines is 3. The van der Waals surface area contributed by atoms with Crippen LogP contribution in [0.4, 0.5) is 17.2 Å². The Morgan fingerprint density at radius 2 is 2.05 bits per heavy atom. The third-order valence-electron chi connectivity index (χ3n) is 2.53. The largest absolute Gasteiger partial charge is 0.481 e. The minimum atomic E-state index is -0.527. The fourth-order valence-corrected chi connectivity index (χ4v) is 1.50. The van der Waals surface area contributed by atoms with Crippen LogP contribution in [0.15, 0.2) is 30.5 Å². The maximum Gasteiger partial charge on any atom is 0.356 e. The highest BCUT2D eigenvalue weighted by Crippen LogP contribution is 2.22. The van der Waals surface area contributed by atoms with Crippen LogP contribution in [-0.4, -0.2) is 30.2 Å². The molecule has 0 radical (unpaired) electrons. The van der Waals surface area contributed by atoms with Gasteiger partial charge in [-0.05, 0) is 18.2 Å². The van der Waals surface area contributed by atoms with Crippen molar-refractivity contribution < 1.29 is 14.3 Å². The Hall–Kier alpha value is -2.83. The van der Waals surface area contributed by atoms with E-state index >= 15 is 0 Å². The Morgan fingerprint density at radius 1 is 1.25 bits per heavy atom. The SMILES string of the molecule is COC(=O)c1ccc(N)c(Nc2ccc(OC)nc2)n1. The van der Waals surface area contributed by atoms with Crippen molar-refractivity contribution in [2.45, 2.75) is 0 Å². The number of aromatic nitrogens is 2. The highest BCUT2D eigenvalue weighted by molar-refractivity contribution is 5.88. The van der Waals surface area contributed by atoms with Gasteiger partial charge in [0.25, 0.3) is 0 Å². The van der Waals surface area contributed by atoms with E-state index in [1.807, 2.05) is 0 Å². The third-order valence-corrected chi connectivity index (χ3v) is 2.53. The molecule has 20 heavy (non-hydrogen) atoms. The minimum Gasteiger partial charge on any atom is -0.481 e. The second-order valence-corrected chi connectivity index (χ2v) is 3.84. The number of carbonyl (C=O) groups is 1. The van der Waals surface area contributed by atoms with Gasteiger partial charge in [0.2, 0.25) is 5.88 Å². The number of ether oxygens (including phenoxy) is 2. The molecule has 0 spiro atoms. The van der Waals surface area contributed by atoms with E-state index in [9.17, 15) is 4.79 Å². The Balaban J connectivity index is 2.25. The van der Waals surface area contributed by atoms with E-state index in [1.54, 1.807) is 24.4 Å². The summed E-state index contributed by atoms with van der Waals surface area (Å²) < 4.78 is 9.58. The molecule has 0 unspecified atom stereocenters. The van der Waals surface area contributed by atoms with Crippen LogP contribution in [0.3, 0.4) is 0 Å². The maximum atomic E-state index is 11.4. The van der Waals surface area contributed by atoms with E-state index in [4.69, 9.17) is 10.5 Å². The molecular formula is C13H14N4O3. The molecule has 0 aliphatic rings. The lowest BCUT2D eigenvalue weighted by molar-refractivity contribution is 0.0594. The second-order valence-electron chi connectivity index (χ2n) is 3.84. The van der Waals surface area contributed by atoms with Gasteiger partial charge in [0.1, 0.15) is 0 Å². The molecule has 7 heteroatoms. The molecule has 104 valence electrons. The van der Waals surface area contributed by atoms with Gasteiger partial charge in [-0.15, -0.1) is 0 Å². The standard InChI is InChI=1S/C13H14N4O3/c1-19-11-6-3-8(7-15-11)16-12-9(14)4-5-10(17-12)13(18)20-2/h3-7H,14H2,1-2H3,(H,16,17). The van der Waals surface area contributed by atoms with E-state index in [1.165, 1.54) is 20.3 Å². The van der Waals surface area contributed by atoms with Crippen molar-refractivity contribution in [3.8, 4) is 5.88 Å². The third kappa shape index (κ3) is 2.94. The molecule has 0 aromatic carbocycles. The van der Waals surface area contributed by atoms with E-state index in [-0.39, 0.29) is 5.69 Å². The van der Waals surface area contributed by atoms with Crippen molar-refractivity contribution in [2.75, 3.05) is 25.3 Å². The molecule has 0 fully saturated rings. The molecule has 0 aliphatic carbocycles. The number of nitrogens with two attached hydrogens (primary N) is 1. The molecule has 0 saturated heterocycles. The summed E-state index contributed by atoms with van der Waals surface area (Å²) in [5.74, 6) is 0.334. The van der Waals surface area contributed by atoms with Gasteiger partial charge in [-0.3, -0.25) is 0 Å². The molecule has 2 rings (SSSR count). The summed E-state index contributed by atoms with van der Waals surface area (Å²) in [5, 5.41) is 2.98. The summed E-state index contributed by atoms with van der Waals surface area (Å²) in [6.45, 7) is 0. The number of nitrogens with zero attached hydrogens (tertiary/aromatic N) is 2. The molecule has 0 aliphatic heterocycles. The van der Waals surface area contributed by atoms with E-state index in [0.29, 0.717) is 23.1 Å². The van der Waals surface area contributed by atoms with Gasteiger partial charge < -0.3 is 20.5 Å². The van der Waals surface area contributed by atoms with Gasteiger partial charge in [0, 0.05) is 6.07 Å². The number of esters is 1. The summed E-state index contributed by atoms with van der Waals surface area (Å²) in [4.78, 5) is 19.6. The first-order valence-corrected chi connectivity index (χ1v) is 5.76. The Labute approximate surface area is 115 Å². The lowest BCUT2D eigenvalue weighted by Gasteiger charge is -2.09.